The SMILES string of the molecule is CO[C@H]1C[C@@H]2CC[C@@H](C)[C@@](O)(O2)C(=O)C(=O)N2CCCCC2C(=O)O[C@H]([C@H](C)C[C@H]2CC[C@@H](OCCOC(=O)OC3(CO)OC[C@@H](OC)[C@@H](O)[C@@H]3O)[C@H](OC)C2)CC(=O)[C@H](C)/C=C(\C)[C@@H](O)[C@@H](OC)C(=O)[C@@H](C)C[C@H](C)/C=C/C=C/C=C/1C. The van der Waals surface area contributed by atoms with E-state index in [1.54, 1.807) is 48.0 Å². The number of ether oxygens (including phenoxy) is 10. The molecular formula is C61H95NO21. The number of carbonyl (C=O) groups excluding carboxylic acids is 6. The lowest BCUT2D eigenvalue weighted by Gasteiger charge is -2.43. The number of cyclic esters (lactones) is 1. The zero-order chi connectivity index (χ0) is 61.3. The number of aliphatic hydroxyl groups is 5. The van der Waals surface area contributed by atoms with Crippen LogP contribution in [-0.4, -0.2) is 206 Å². The van der Waals surface area contributed by atoms with Gasteiger partial charge in [0.25, 0.3) is 17.5 Å². The van der Waals surface area contributed by atoms with Crippen LogP contribution in [0.3, 0.4) is 0 Å². The molecule has 3 saturated heterocycles. The second kappa shape index (κ2) is 32.4. The average Bonchev–Trinajstić information content (AvgIpc) is 3.10. The van der Waals surface area contributed by atoms with Crippen LogP contribution in [-0.2, 0) is 71.3 Å². The van der Waals surface area contributed by atoms with Crippen molar-refractivity contribution in [3.8, 4) is 0 Å². The second-order valence-electron chi connectivity index (χ2n) is 23.6. The smallest absolute Gasteiger partial charge is 0.460 e. The van der Waals surface area contributed by atoms with E-state index in [0.717, 1.165) is 10.5 Å². The molecule has 19 atom stereocenters. The zero-order valence-electron chi connectivity index (χ0n) is 50.5. The molecule has 0 aromatic heterocycles. The molecular weight excluding hydrogens is 1080 g/mol. The maximum atomic E-state index is 14.6. The quantitative estimate of drug-likeness (QED) is 0.0715. The third kappa shape index (κ3) is 18.1. The number of methoxy groups -OCH3 is 4. The molecule has 1 aliphatic carbocycles. The van der Waals surface area contributed by atoms with Crippen LogP contribution in [0.4, 0.5) is 4.79 Å². The number of Topliss-reactive ketones (excluding diaryl/α,β-unsaturated/α-hetero) is 3. The molecule has 22 nitrogen and oxygen atoms in total. The molecule has 22 heteroatoms. The standard InChI is InChI=1S/C61H95NO21/c1-35-17-13-12-14-18-36(2)47(74-8)31-43-22-20-41(7)61(73,82-43)56(69)57(70)62-24-16-15-19-44(62)58(71)81-48(32-45(64)37(3)28-40(6)52(66)54(77-11)51(65)39(5)27-35)38(4)29-42-21-23-46(49(30-42)75-9)78-25-26-79-59(72)83-60(34-63)55(68)53(67)50(76-10)33-80-60/h12-14,17-18,28,35,37-39,41-44,46-50,52-55,63,66-68,73H,15-16,19-27,29-34H2,1-11H3/b14-12+,17-13+,36-18+,40-28+/t35-,37-,38-,39+,41-,42-,43+,44?,46-,47+,48+,49-,50-,52-,53-,54+,55+,60?,61-/m1/s1. The highest BCUT2D eigenvalue weighted by Gasteiger charge is 2.55. The molecule has 83 heavy (non-hydrogen) atoms. The lowest BCUT2D eigenvalue weighted by Crippen LogP contribution is -2.64. The Hall–Kier alpha value is -4.30. The minimum absolute atomic E-state index is 0.0166. The third-order valence-corrected chi connectivity index (χ3v) is 17.5. The Balaban J connectivity index is 1.35. The number of nitrogens with zero attached hydrogens (tertiary/aromatic N) is 1. The van der Waals surface area contributed by atoms with E-state index in [2.05, 4.69) is 0 Å². The molecule has 4 aliphatic heterocycles. The fourth-order valence-corrected chi connectivity index (χ4v) is 12.1. The van der Waals surface area contributed by atoms with E-state index in [4.69, 9.17) is 47.4 Å². The molecule has 0 radical (unpaired) electrons. The van der Waals surface area contributed by atoms with Gasteiger partial charge >= 0.3 is 12.1 Å². The van der Waals surface area contributed by atoms with Crippen molar-refractivity contribution in [2.45, 2.75) is 204 Å². The summed E-state index contributed by atoms with van der Waals surface area (Å²) in [6.07, 6.45) is 4.59. The molecule has 470 valence electrons. The average molecular weight is 1180 g/mol. The molecule has 0 aromatic rings. The number of ketones is 3. The summed E-state index contributed by atoms with van der Waals surface area (Å²) < 4.78 is 56.7. The van der Waals surface area contributed by atoms with Crippen molar-refractivity contribution in [1.82, 2.24) is 4.90 Å². The number of aliphatic hydroxyl groups excluding tert-OH is 4. The minimum atomic E-state index is -2.48. The van der Waals surface area contributed by atoms with Gasteiger partial charge in [-0.25, -0.2) is 9.59 Å². The minimum Gasteiger partial charge on any atom is -0.460 e. The van der Waals surface area contributed by atoms with Gasteiger partial charge in [0.05, 0.1) is 37.6 Å². The van der Waals surface area contributed by atoms with Gasteiger partial charge < -0.3 is 77.8 Å². The van der Waals surface area contributed by atoms with E-state index in [9.17, 15) is 54.3 Å². The molecule has 5 N–H and O–H groups in total. The summed E-state index contributed by atoms with van der Waals surface area (Å²) in [4.78, 5) is 85.5. The fourth-order valence-electron chi connectivity index (χ4n) is 12.1. The lowest BCUT2D eigenvalue weighted by molar-refractivity contribution is -0.334. The predicted molar refractivity (Wildman–Crippen MR) is 300 cm³/mol. The number of piperidine rings is 1. The van der Waals surface area contributed by atoms with Crippen molar-refractivity contribution in [3.63, 3.8) is 0 Å². The summed E-state index contributed by atoms with van der Waals surface area (Å²) in [7, 11) is 5.76. The van der Waals surface area contributed by atoms with E-state index >= 15 is 0 Å². The number of hydrogen-bond acceptors (Lipinski definition) is 21. The van der Waals surface area contributed by atoms with Crippen LogP contribution in [0.2, 0.25) is 0 Å². The number of hydrogen-bond donors (Lipinski definition) is 5. The topological polar surface area (TPSA) is 299 Å². The summed E-state index contributed by atoms with van der Waals surface area (Å²) >= 11 is 0. The van der Waals surface area contributed by atoms with Gasteiger partial charge in [-0.2, -0.15) is 0 Å². The molecule has 0 spiro atoms. The van der Waals surface area contributed by atoms with Gasteiger partial charge in [-0.15, -0.1) is 0 Å². The number of esters is 1. The van der Waals surface area contributed by atoms with Crippen LogP contribution >= 0.6 is 0 Å². The Bertz CT molecular complexity index is 2290. The Labute approximate surface area is 489 Å². The summed E-state index contributed by atoms with van der Waals surface area (Å²) in [5, 5.41) is 54.5. The van der Waals surface area contributed by atoms with Gasteiger partial charge in [-0.3, -0.25) is 19.2 Å². The maximum absolute atomic E-state index is 14.6. The van der Waals surface area contributed by atoms with E-state index in [-0.39, 0.29) is 69.0 Å². The molecule has 4 fully saturated rings. The highest BCUT2D eigenvalue weighted by molar-refractivity contribution is 6.39. The summed E-state index contributed by atoms with van der Waals surface area (Å²) in [5.74, 6) is -11.0. The van der Waals surface area contributed by atoms with Crippen molar-refractivity contribution in [3.05, 3.63) is 47.6 Å². The highest BCUT2D eigenvalue weighted by atomic mass is 16.8. The molecule has 2 bridgehead atoms. The van der Waals surface area contributed by atoms with Crippen LogP contribution in [0.25, 0.3) is 0 Å². The second-order valence-corrected chi connectivity index (χ2v) is 23.6. The van der Waals surface area contributed by atoms with E-state index in [1.807, 2.05) is 51.2 Å². The number of fused-ring (bicyclic) bond motifs is 3. The number of amides is 1. The maximum Gasteiger partial charge on any atom is 0.511 e. The fraction of sp³-hybridized carbons (Fsp3) is 0.770. The largest absolute Gasteiger partial charge is 0.511 e. The predicted octanol–water partition coefficient (Wildman–Crippen LogP) is 4.81. The molecule has 2 unspecified atom stereocenters. The first kappa shape index (κ1) is 69.5. The third-order valence-electron chi connectivity index (χ3n) is 17.5. The van der Waals surface area contributed by atoms with Crippen LogP contribution in [0.5, 0.6) is 0 Å². The summed E-state index contributed by atoms with van der Waals surface area (Å²) in [6.45, 7) is 10.9. The van der Waals surface area contributed by atoms with Gasteiger partial charge in [0.2, 0.25) is 5.79 Å². The monoisotopic (exact) mass is 1180 g/mol. The molecule has 4 heterocycles. The number of rotatable bonds is 13. The van der Waals surface area contributed by atoms with Crippen LogP contribution in [0.15, 0.2) is 47.6 Å². The molecule has 1 amide bonds. The van der Waals surface area contributed by atoms with Gasteiger partial charge in [0.1, 0.15) is 55.6 Å². The van der Waals surface area contributed by atoms with Crippen LogP contribution in [0, 0.1) is 35.5 Å². The first-order chi connectivity index (χ1) is 39.4. The summed E-state index contributed by atoms with van der Waals surface area (Å²) in [6, 6.07) is -1.22. The van der Waals surface area contributed by atoms with Crippen molar-refractivity contribution in [2.24, 2.45) is 35.5 Å². The van der Waals surface area contributed by atoms with Gasteiger partial charge in [0.15, 0.2) is 11.9 Å². The molecule has 5 rings (SSSR count). The molecule has 1 saturated carbocycles. The van der Waals surface area contributed by atoms with Gasteiger partial charge in [-0.1, -0.05) is 71.1 Å². The van der Waals surface area contributed by atoms with Crippen LogP contribution in [0.1, 0.15) is 126 Å². The molecule has 0 aromatic carbocycles. The van der Waals surface area contributed by atoms with Crippen molar-refractivity contribution in [2.75, 3.05) is 61.4 Å². The number of carbonyl (C=O) groups is 6. The van der Waals surface area contributed by atoms with E-state index in [1.165, 1.54) is 14.2 Å². The number of allylic oxidation sites excluding steroid dienone is 6. The Morgan fingerprint density at radius 2 is 1.54 bits per heavy atom. The van der Waals surface area contributed by atoms with Gasteiger partial charge in [-0.05, 0) is 107 Å². The van der Waals surface area contributed by atoms with E-state index in [0.29, 0.717) is 63.4 Å². The first-order valence-electron chi connectivity index (χ1n) is 29.5. The van der Waals surface area contributed by atoms with Crippen molar-refractivity contribution < 1.29 is 102 Å². The van der Waals surface area contributed by atoms with Gasteiger partial charge in [0, 0.05) is 65.6 Å². The lowest BCUT2D eigenvalue weighted by atomic mass is 9.78. The highest BCUT2D eigenvalue weighted by Crippen LogP contribution is 2.39. The van der Waals surface area contributed by atoms with E-state index < -0.39 is 133 Å². The normalized spacial score (nSPS) is 39.7. The Kier molecular flexibility index (Phi) is 27.2. The van der Waals surface area contributed by atoms with Crippen molar-refractivity contribution >= 4 is 35.4 Å². The van der Waals surface area contributed by atoms with Crippen molar-refractivity contribution in [1.29, 1.82) is 0 Å². The first-order valence-corrected chi connectivity index (χ1v) is 29.5. The van der Waals surface area contributed by atoms with Crippen LogP contribution < -0.4 is 0 Å². The molecule has 5 aliphatic rings. The Morgan fingerprint density at radius 1 is 0.819 bits per heavy atom. The summed E-state index contributed by atoms with van der Waals surface area (Å²) in [5.41, 5.74) is 1.19. The zero-order valence-corrected chi connectivity index (χ0v) is 50.5. The Morgan fingerprint density at radius 3 is 2.22 bits per heavy atom.